The molecule has 2 heterocycles. The van der Waals surface area contributed by atoms with E-state index in [-0.39, 0.29) is 11.4 Å². The summed E-state index contributed by atoms with van der Waals surface area (Å²) in [6, 6.07) is 13.6. The summed E-state index contributed by atoms with van der Waals surface area (Å²) in [5.41, 5.74) is 1.26. The van der Waals surface area contributed by atoms with Gasteiger partial charge in [0.1, 0.15) is 24.3 Å². The number of para-hydroxylation sites is 1. The van der Waals surface area contributed by atoms with Crippen molar-refractivity contribution in [2.75, 3.05) is 0 Å². The Hall–Kier alpha value is -3.45. The Morgan fingerprint density at radius 2 is 1.91 bits per heavy atom. The van der Waals surface area contributed by atoms with E-state index < -0.39 is 0 Å². The molecule has 22 heavy (non-hydrogen) atoms. The number of imidazole rings is 1. The van der Waals surface area contributed by atoms with Crippen LogP contribution in [0, 0.1) is 29.6 Å². The smallest absolute Gasteiger partial charge is 0.177 e. The molecule has 0 amide bonds. The highest BCUT2D eigenvalue weighted by atomic mass is 15.3. The summed E-state index contributed by atoms with van der Waals surface area (Å²) in [5, 5.41) is 22.6. The van der Waals surface area contributed by atoms with Gasteiger partial charge >= 0.3 is 0 Å². The lowest BCUT2D eigenvalue weighted by atomic mass is 10.3. The molecule has 0 atom stereocenters. The Morgan fingerprint density at radius 3 is 2.59 bits per heavy atom. The summed E-state index contributed by atoms with van der Waals surface area (Å²) >= 11 is 0. The standard InChI is InChI=1S/C15H11N7/c1-11-19-13(7-16)14(8-17)21(11)9-15-18-10-22(20-15)12-5-3-2-4-6-12/h2-6,10H,9H2,1H3. The lowest BCUT2D eigenvalue weighted by Gasteiger charge is -2.03. The van der Waals surface area contributed by atoms with Crippen LogP contribution in [0.2, 0.25) is 0 Å². The van der Waals surface area contributed by atoms with Crippen LogP contribution >= 0.6 is 0 Å². The van der Waals surface area contributed by atoms with Gasteiger partial charge in [0.2, 0.25) is 0 Å². The van der Waals surface area contributed by atoms with Gasteiger partial charge in [-0.3, -0.25) is 0 Å². The normalized spacial score (nSPS) is 10.1. The van der Waals surface area contributed by atoms with Crippen LogP contribution in [0.3, 0.4) is 0 Å². The maximum atomic E-state index is 9.20. The second-order valence-electron chi connectivity index (χ2n) is 4.61. The molecule has 2 aromatic heterocycles. The first-order valence-electron chi connectivity index (χ1n) is 6.56. The highest BCUT2D eigenvalue weighted by Gasteiger charge is 2.15. The van der Waals surface area contributed by atoms with Gasteiger partial charge in [-0.05, 0) is 19.1 Å². The fraction of sp³-hybridized carbons (Fsp3) is 0.133. The van der Waals surface area contributed by atoms with Gasteiger partial charge in [-0.2, -0.15) is 10.5 Å². The molecule has 0 unspecified atom stereocenters. The predicted octanol–water partition coefficient (Wildman–Crippen LogP) is 1.56. The van der Waals surface area contributed by atoms with Crippen LogP contribution < -0.4 is 0 Å². The van der Waals surface area contributed by atoms with E-state index in [1.54, 1.807) is 22.5 Å². The molecule has 0 aliphatic rings. The van der Waals surface area contributed by atoms with E-state index in [1.165, 1.54) is 0 Å². The van der Waals surface area contributed by atoms with E-state index in [0.717, 1.165) is 5.69 Å². The van der Waals surface area contributed by atoms with E-state index in [0.29, 0.717) is 18.2 Å². The van der Waals surface area contributed by atoms with Crippen molar-refractivity contribution in [3.63, 3.8) is 0 Å². The monoisotopic (exact) mass is 289 g/mol. The average molecular weight is 289 g/mol. The molecule has 0 aliphatic carbocycles. The molecule has 0 spiro atoms. The van der Waals surface area contributed by atoms with Crippen molar-refractivity contribution in [1.29, 1.82) is 10.5 Å². The number of hydrogen-bond donors (Lipinski definition) is 0. The summed E-state index contributed by atoms with van der Waals surface area (Å²) in [6.07, 6.45) is 1.62. The van der Waals surface area contributed by atoms with Crippen LogP contribution in [0.5, 0.6) is 0 Å². The summed E-state index contributed by atoms with van der Waals surface area (Å²) < 4.78 is 3.31. The van der Waals surface area contributed by atoms with Crippen molar-refractivity contribution in [2.24, 2.45) is 0 Å². The third kappa shape index (κ3) is 2.32. The minimum Gasteiger partial charge on any atom is -0.311 e. The molecular formula is C15H11N7. The van der Waals surface area contributed by atoms with Gasteiger partial charge in [0, 0.05) is 0 Å². The zero-order valence-corrected chi connectivity index (χ0v) is 11.8. The first kappa shape index (κ1) is 13.5. The minimum atomic E-state index is 0.127. The summed E-state index contributed by atoms with van der Waals surface area (Å²) in [7, 11) is 0. The second kappa shape index (κ2) is 5.51. The number of benzene rings is 1. The Balaban J connectivity index is 1.93. The maximum Gasteiger partial charge on any atom is 0.177 e. The number of rotatable bonds is 3. The molecule has 106 valence electrons. The number of aryl methyl sites for hydroxylation is 1. The van der Waals surface area contributed by atoms with Crippen LogP contribution in [0.4, 0.5) is 0 Å². The van der Waals surface area contributed by atoms with Gasteiger partial charge in [0.15, 0.2) is 17.2 Å². The van der Waals surface area contributed by atoms with Gasteiger partial charge in [0.25, 0.3) is 0 Å². The van der Waals surface area contributed by atoms with E-state index >= 15 is 0 Å². The van der Waals surface area contributed by atoms with E-state index in [9.17, 15) is 5.26 Å². The first-order chi connectivity index (χ1) is 10.7. The Kier molecular flexibility index (Phi) is 3.39. The topological polar surface area (TPSA) is 96.1 Å². The van der Waals surface area contributed by atoms with Crippen LogP contribution in [0.25, 0.3) is 5.69 Å². The van der Waals surface area contributed by atoms with Crippen LogP contribution in [0.1, 0.15) is 23.0 Å². The Bertz CT molecular complexity index is 890. The van der Waals surface area contributed by atoms with Crippen LogP contribution in [-0.4, -0.2) is 24.3 Å². The molecule has 3 rings (SSSR count). The molecule has 0 bridgehead atoms. The SMILES string of the molecule is Cc1nc(C#N)c(C#N)n1Cc1ncn(-c2ccccc2)n1. The number of hydrogen-bond acceptors (Lipinski definition) is 5. The van der Waals surface area contributed by atoms with Crippen LogP contribution in [-0.2, 0) is 6.54 Å². The van der Waals surface area contributed by atoms with Crippen molar-refractivity contribution in [3.05, 3.63) is 59.7 Å². The summed E-state index contributed by atoms with van der Waals surface area (Å²) in [6.45, 7) is 2.04. The zero-order chi connectivity index (χ0) is 15.5. The van der Waals surface area contributed by atoms with Crippen molar-refractivity contribution >= 4 is 0 Å². The fourth-order valence-electron chi connectivity index (χ4n) is 2.17. The van der Waals surface area contributed by atoms with Crippen molar-refractivity contribution < 1.29 is 0 Å². The van der Waals surface area contributed by atoms with Gasteiger partial charge in [0.05, 0.1) is 12.2 Å². The van der Waals surface area contributed by atoms with Gasteiger partial charge in [-0.1, -0.05) is 18.2 Å². The molecule has 0 saturated heterocycles. The molecule has 0 N–H and O–H groups in total. The zero-order valence-electron chi connectivity index (χ0n) is 11.8. The molecule has 7 nitrogen and oxygen atoms in total. The van der Waals surface area contributed by atoms with Gasteiger partial charge < -0.3 is 4.57 Å². The number of nitriles is 2. The molecule has 1 aromatic carbocycles. The highest BCUT2D eigenvalue weighted by molar-refractivity contribution is 5.38. The lowest BCUT2D eigenvalue weighted by molar-refractivity contribution is 0.703. The van der Waals surface area contributed by atoms with Crippen molar-refractivity contribution in [2.45, 2.75) is 13.5 Å². The minimum absolute atomic E-state index is 0.127. The Labute approximate surface area is 126 Å². The molecule has 3 aromatic rings. The van der Waals surface area contributed by atoms with E-state index in [1.807, 2.05) is 42.5 Å². The fourth-order valence-corrected chi connectivity index (χ4v) is 2.17. The molecule has 0 fully saturated rings. The van der Waals surface area contributed by atoms with E-state index in [2.05, 4.69) is 15.1 Å². The van der Waals surface area contributed by atoms with E-state index in [4.69, 9.17) is 5.26 Å². The molecular weight excluding hydrogens is 278 g/mol. The predicted molar refractivity (Wildman–Crippen MR) is 76.9 cm³/mol. The molecule has 0 aliphatic heterocycles. The van der Waals surface area contributed by atoms with Crippen LogP contribution in [0.15, 0.2) is 36.7 Å². The van der Waals surface area contributed by atoms with Gasteiger partial charge in [-0.25, -0.2) is 14.6 Å². The molecule has 0 radical (unpaired) electrons. The van der Waals surface area contributed by atoms with Gasteiger partial charge in [-0.15, -0.1) is 5.10 Å². The summed E-state index contributed by atoms with van der Waals surface area (Å²) in [4.78, 5) is 8.33. The molecule has 7 heteroatoms. The molecule has 0 saturated carbocycles. The van der Waals surface area contributed by atoms with Crippen molar-refractivity contribution in [3.8, 4) is 17.8 Å². The maximum absolute atomic E-state index is 9.20. The van der Waals surface area contributed by atoms with Crippen molar-refractivity contribution in [1.82, 2.24) is 24.3 Å². The number of nitrogens with zero attached hydrogens (tertiary/aromatic N) is 7. The first-order valence-corrected chi connectivity index (χ1v) is 6.56. The quantitative estimate of drug-likeness (QED) is 0.729. The number of aromatic nitrogens is 5. The Morgan fingerprint density at radius 1 is 1.14 bits per heavy atom. The average Bonchev–Trinajstić information content (AvgIpc) is 3.14. The second-order valence-corrected chi connectivity index (χ2v) is 4.61. The summed E-state index contributed by atoms with van der Waals surface area (Å²) in [5.74, 6) is 1.13. The largest absolute Gasteiger partial charge is 0.311 e. The highest BCUT2D eigenvalue weighted by Crippen LogP contribution is 2.12. The third-order valence-corrected chi connectivity index (χ3v) is 3.23. The lowest BCUT2D eigenvalue weighted by Crippen LogP contribution is -2.07. The third-order valence-electron chi connectivity index (χ3n) is 3.23.